The van der Waals surface area contributed by atoms with Crippen LogP contribution in [0.3, 0.4) is 0 Å². The van der Waals surface area contributed by atoms with Crippen molar-refractivity contribution in [1.29, 1.82) is 0 Å². The molecule has 2 N–H and O–H groups in total. The van der Waals surface area contributed by atoms with Crippen LogP contribution in [0.1, 0.15) is 19.3 Å². The Morgan fingerprint density at radius 1 is 1.12 bits per heavy atom. The minimum Gasteiger partial charge on any atom is -0.381 e. The molecule has 0 bridgehead atoms. The highest BCUT2D eigenvalue weighted by Crippen LogP contribution is 2.14. The van der Waals surface area contributed by atoms with Crippen LogP contribution in [0.25, 0.3) is 0 Å². The van der Waals surface area contributed by atoms with Gasteiger partial charge in [-0.3, -0.25) is 4.99 Å². The Balaban J connectivity index is 1.93. The van der Waals surface area contributed by atoms with E-state index >= 15 is 0 Å². The second kappa shape index (κ2) is 13.3. The van der Waals surface area contributed by atoms with Crippen LogP contribution in [-0.4, -0.2) is 86.2 Å². The van der Waals surface area contributed by atoms with Crippen LogP contribution in [0, 0.1) is 5.92 Å². The SMILES string of the molecule is CN=C(NCCCOCC1CCOCC1)NCCOCCS(C)(=O)=O. The van der Waals surface area contributed by atoms with Gasteiger partial charge in [0.25, 0.3) is 0 Å². The van der Waals surface area contributed by atoms with Crippen molar-refractivity contribution in [3.05, 3.63) is 0 Å². The molecule has 0 aromatic carbocycles. The molecule has 25 heavy (non-hydrogen) atoms. The molecule has 0 amide bonds. The summed E-state index contributed by atoms with van der Waals surface area (Å²) < 4.78 is 38.2. The maximum Gasteiger partial charge on any atom is 0.191 e. The van der Waals surface area contributed by atoms with Gasteiger partial charge in [-0.1, -0.05) is 0 Å². The fraction of sp³-hybridized carbons (Fsp3) is 0.938. The molecule has 0 aliphatic carbocycles. The first-order valence-electron chi connectivity index (χ1n) is 8.86. The van der Waals surface area contributed by atoms with Crippen molar-refractivity contribution in [1.82, 2.24) is 10.6 Å². The summed E-state index contributed by atoms with van der Waals surface area (Å²) in [6.07, 6.45) is 4.31. The van der Waals surface area contributed by atoms with E-state index in [-0.39, 0.29) is 12.4 Å². The summed E-state index contributed by atoms with van der Waals surface area (Å²) >= 11 is 0. The molecule has 0 aromatic rings. The lowest BCUT2D eigenvalue weighted by Crippen LogP contribution is -2.39. The van der Waals surface area contributed by atoms with E-state index in [1.54, 1.807) is 7.05 Å². The van der Waals surface area contributed by atoms with Gasteiger partial charge in [-0.25, -0.2) is 8.42 Å². The van der Waals surface area contributed by atoms with E-state index < -0.39 is 9.84 Å². The Labute approximate surface area is 151 Å². The van der Waals surface area contributed by atoms with E-state index in [4.69, 9.17) is 14.2 Å². The molecule has 8 nitrogen and oxygen atoms in total. The van der Waals surface area contributed by atoms with Crippen molar-refractivity contribution in [3.63, 3.8) is 0 Å². The molecule has 148 valence electrons. The van der Waals surface area contributed by atoms with Gasteiger partial charge in [-0.15, -0.1) is 0 Å². The Kier molecular flexibility index (Phi) is 11.8. The topological polar surface area (TPSA) is 98.2 Å². The molecule has 1 heterocycles. The van der Waals surface area contributed by atoms with Crippen LogP contribution in [0.4, 0.5) is 0 Å². The van der Waals surface area contributed by atoms with Gasteiger partial charge in [0.2, 0.25) is 0 Å². The first-order chi connectivity index (χ1) is 12.0. The molecule has 0 spiro atoms. The van der Waals surface area contributed by atoms with E-state index in [0.29, 0.717) is 25.0 Å². The third-order valence-electron chi connectivity index (χ3n) is 3.81. The van der Waals surface area contributed by atoms with Crippen LogP contribution in [-0.2, 0) is 24.0 Å². The van der Waals surface area contributed by atoms with E-state index in [1.807, 2.05) is 0 Å². The third-order valence-corrected chi connectivity index (χ3v) is 4.72. The van der Waals surface area contributed by atoms with Gasteiger partial charge in [0.05, 0.1) is 19.0 Å². The zero-order valence-electron chi connectivity index (χ0n) is 15.5. The third kappa shape index (κ3) is 13.0. The standard InChI is InChI=1S/C16H33N3O5S/c1-17-16(19-7-11-23-12-13-25(2,20)21)18-6-3-8-24-14-15-4-9-22-10-5-15/h15H,3-14H2,1-2H3,(H2,17,18,19). The zero-order chi connectivity index (χ0) is 18.4. The quantitative estimate of drug-likeness (QED) is 0.281. The van der Waals surface area contributed by atoms with Gasteiger partial charge in [-0.05, 0) is 25.2 Å². The average Bonchev–Trinajstić information content (AvgIpc) is 2.59. The minimum absolute atomic E-state index is 0.0495. The summed E-state index contributed by atoms with van der Waals surface area (Å²) in [5.74, 6) is 1.39. The van der Waals surface area contributed by atoms with Crippen LogP contribution in [0.2, 0.25) is 0 Å². The Bertz CT molecular complexity index is 464. The second-order valence-electron chi connectivity index (χ2n) is 6.15. The average molecular weight is 380 g/mol. The van der Waals surface area contributed by atoms with Crippen molar-refractivity contribution in [3.8, 4) is 0 Å². The molecule has 1 fully saturated rings. The number of aliphatic imine (C=N–C) groups is 1. The van der Waals surface area contributed by atoms with Gasteiger partial charge in [-0.2, -0.15) is 0 Å². The Hall–Kier alpha value is -0.900. The maximum absolute atomic E-state index is 11.0. The first-order valence-corrected chi connectivity index (χ1v) is 10.9. The fourth-order valence-corrected chi connectivity index (χ4v) is 2.74. The van der Waals surface area contributed by atoms with Crippen LogP contribution in [0.15, 0.2) is 4.99 Å². The molecule has 0 aromatic heterocycles. The Morgan fingerprint density at radius 2 is 1.84 bits per heavy atom. The predicted molar refractivity (Wildman–Crippen MR) is 98.9 cm³/mol. The number of hydrogen-bond acceptors (Lipinski definition) is 6. The van der Waals surface area contributed by atoms with Gasteiger partial charge >= 0.3 is 0 Å². The zero-order valence-corrected chi connectivity index (χ0v) is 16.3. The lowest BCUT2D eigenvalue weighted by atomic mass is 10.0. The molecule has 9 heteroatoms. The molecule has 1 rings (SSSR count). The van der Waals surface area contributed by atoms with Crippen LogP contribution in [0.5, 0.6) is 0 Å². The molecule has 0 radical (unpaired) electrons. The molecule has 0 unspecified atom stereocenters. The summed E-state index contributed by atoms with van der Waals surface area (Å²) in [5.41, 5.74) is 0. The fourth-order valence-electron chi connectivity index (χ4n) is 2.32. The normalized spacial score (nSPS) is 16.8. The van der Waals surface area contributed by atoms with Gasteiger partial charge in [0, 0.05) is 52.8 Å². The van der Waals surface area contributed by atoms with Crippen molar-refractivity contribution in [2.75, 3.05) is 71.8 Å². The summed E-state index contributed by atoms with van der Waals surface area (Å²) in [7, 11) is -1.25. The molecular weight excluding hydrogens is 346 g/mol. The summed E-state index contributed by atoms with van der Waals surface area (Å²) in [5, 5.41) is 6.33. The van der Waals surface area contributed by atoms with E-state index in [0.717, 1.165) is 52.2 Å². The Morgan fingerprint density at radius 3 is 2.52 bits per heavy atom. The lowest BCUT2D eigenvalue weighted by Gasteiger charge is -2.21. The minimum atomic E-state index is -2.96. The molecular formula is C16H33N3O5S. The van der Waals surface area contributed by atoms with Gasteiger partial charge in [0.1, 0.15) is 9.84 Å². The summed E-state index contributed by atoms with van der Waals surface area (Å²) in [6, 6.07) is 0. The number of nitrogens with one attached hydrogen (secondary N) is 2. The lowest BCUT2D eigenvalue weighted by molar-refractivity contribution is 0.0203. The monoisotopic (exact) mass is 379 g/mol. The van der Waals surface area contributed by atoms with Crippen LogP contribution < -0.4 is 10.6 Å². The highest BCUT2D eigenvalue weighted by Gasteiger charge is 2.13. The van der Waals surface area contributed by atoms with Crippen molar-refractivity contribution in [2.24, 2.45) is 10.9 Å². The molecule has 0 atom stereocenters. The summed E-state index contributed by atoms with van der Waals surface area (Å²) in [4.78, 5) is 4.12. The number of hydrogen-bond donors (Lipinski definition) is 2. The molecule has 1 aliphatic heterocycles. The van der Waals surface area contributed by atoms with E-state index in [1.165, 1.54) is 6.26 Å². The van der Waals surface area contributed by atoms with Crippen LogP contribution >= 0.6 is 0 Å². The number of rotatable bonds is 12. The molecule has 1 aliphatic rings. The highest BCUT2D eigenvalue weighted by atomic mass is 32.2. The number of sulfone groups is 1. The molecule has 0 saturated carbocycles. The maximum atomic E-state index is 11.0. The highest BCUT2D eigenvalue weighted by molar-refractivity contribution is 7.90. The van der Waals surface area contributed by atoms with E-state index in [9.17, 15) is 8.42 Å². The van der Waals surface area contributed by atoms with Crippen molar-refractivity contribution < 1.29 is 22.6 Å². The number of ether oxygens (including phenoxy) is 3. The van der Waals surface area contributed by atoms with E-state index in [2.05, 4.69) is 15.6 Å². The second-order valence-corrected chi connectivity index (χ2v) is 8.41. The number of guanidine groups is 1. The largest absolute Gasteiger partial charge is 0.381 e. The molecule has 1 saturated heterocycles. The van der Waals surface area contributed by atoms with Crippen molar-refractivity contribution >= 4 is 15.8 Å². The smallest absolute Gasteiger partial charge is 0.191 e. The summed E-state index contributed by atoms with van der Waals surface area (Å²) in [6.45, 7) is 5.27. The predicted octanol–water partition coefficient (Wildman–Crippen LogP) is 0.0459. The number of nitrogens with zero attached hydrogens (tertiary/aromatic N) is 1. The first kappa shape index (κ1) is 22.1. The van der Waals surface area contributed by atoms with Crippen molar-refractivity contribution in [2.45, 2.75) is 19.3 Å². The van der Waals surface area contributed by atoms with Gasteiger partial charge in [0.15, 0.2) is 5.96 Å². The van der Waals surface area contributed by atoms with Gasteiger partial charge < -0.3 is 24.8 Å².